The first-order valence-corrected chi connectivity index (χ1v) is 10.7. The van der Waals surface area contributed by atoms with E-state index in [9.17, 15) is 9.59 Å². The monoisotopic (exact) mass is 437 g/mol. The Hall–Kier alpha value is -3.19. The highest BCUT2D eigenvalue weighted by atomic mass is 32.1. The Morgan fingerprint density at radius 3 is 2.48 bits per heavy atom. The number of benzene rings is 2. The Morgan fingerprint density at radius 2 is 1.87 bits per heavy atom. The first kappa shape index (κ1) is 22.5. The molecule has 0 spiro atoms. The zero-order valence-corrected chi connectivity index (χ0v) is 19.0. The van der Waals surface area contributed by atoms with Gasteiger partial charge in [0.05, 0.1) is 18.7 Å². The summed E-state index contributed by atoms with van der Waals surface area (Å²) in [7, 11) is 1.36. The largest absolute Gasteiger partial charge is 0.466 e. The van der Waals surface area contributed by atoms with E-state index in [1.54, 1.807) is 0 Å². The van der Waals surface area contributed by atoms with E-state index in [2.05, 4.69) is 17.6 Å². The van der Waals surface area contributed by atoms with E-state index in [-0.39, 0.29) is 5.91 Å². The molecule has 1 aliphatic rings. The molecule has 1 unspecified atom stereocenters. The Balaban J connectivity index is 1.90. The van der Waals surface area contributed by atoms with Crippen LogP contribution in [-0.4, -0.2) is 35.5 Å². The van der Waals surface area contributed by atoms with Crippen LogP contribution in [0.3, 0.4) is 0 Å². The van der Waals surface area contributed by atoms with E-state index in [4.69, 9.17) is 17.0 Å². The number of allylic oxidation sites excluding steroid dienone is 1. The van der Waals surface area contributed by atoms with Crippen molar-refractivity contribution in [3.05, 3.63) is 76.5 Å². The van der Waals surface area contributed by atoms with Gasteiger partial charge in [-0.2, -0.15) is 0 Å². The number of hydrogen-bond acceptors (Lipinski definition) is 4. The molecule has 0 radical (unpaired) electrons. The highest BCUT2D eigenvalue weighted by Crippen LogP contribution is 2.32. The van der Waals surface area contributed by atoms with Gasteiger partial charge in [-0.05, 0) is 67.9 Å². The second-order valence-corrected chi connectivity index (χ2v) is 7.63. The highest BCUT2D eigenvalue weighted by Gasteiger charge is 2.34. The first-order valence-electron chi connectivity index (χ1n) is 10.3. The van der Waals surface area contributed by atoms with Gasteiger partial charge in [-0.15, -0.1) is 0 Å². The first-order chi connectivity index (χ1) is 14.9. The SMILES string of the molecule is CCc1ccc(C(=O)Nc2cccc(C3NC(=S)N(CC)C(C)=C3C(=O)OC)c2)cc1. The van der Waals surface area contributed by atoms with Gasteiger partial charge in [-0.25, -0.2) is 4.79 Å². The van der Waals surface area contributed by atoms with Crippen LogP contribution in [-0.2, 0) is 16.0 Å². The average Bonchev–Trinajstić information content (AvgIpc) is 2.78. The molecule has 0 bridgehead atoms. The summed E-state index contributed by atoms with van der Waals surface area (Å²) in [6, 6.07) is 14.5. The number of methoxy groups -OCH3 is 1. The molecule has 3 rings (SSSR count). The van der Waals surface area contributed by atoms with Crippen LogP contribution >= 0.6 is 12.2 Å². The van der Waals surface area contributed by atoms with Crippen molar-refractivity contribution in [3.63, 3.8) is 0 Å². The maximum absolute atomic E-state index is 12.7. The van der Waals surface area contributed by atoms with Crippen molar-refractivity contribution >= 4 is 34.9 Å². The normalized spacial score (nSPS) is 16.1. The Kier molecular flexibility index (Phi) is 7.07. The topological polar surface area (TPSA) is 70.7 Å². The number of hydrogen-bond donors (Lipinski definition) is 2. The van der Waals surface area contributed by atoms with Gasteiger partial charge in [-0.3, -0.25) is 4.79 Å². The number of rotatable bonds is 6. The molecule has 1 atom stereocenters. The molecule has 1 amide bonds. The lowest BCUT2D eigenvalue weighted by Gasteiger charge is -2.37. The standard InChI is InChI=1S/C24H27N3O3S/c1-5-16-10-12-17(13-11-16)22(28)25-19-9-7-8-18(14-19)21-20(23(29)30-4)15(3)27(6-2)24(31)26-21/h7-14,21H,5-6H2,1-4H3,(H,25,28)(H,26,31). The summed E-state index contributed by atoms with van der Waals surface area (Å²) in [6.45, 7) is 6.54. The molecule has 1 aliphatic heterocycles. The molecule has 0 aliphatic carbocycles. The minimum absolute atomic E-state index is 0.191. The van der Waals surface area contributed by atoms with Crippen molar-refractivity contribution in [1.82, 2.24) is 10.2 Å². The molecule has 162 valence electrons. The quantitative estimate of drug-likeness (QED) is 0.521. The molecule has 2 aromatic rings. The Labute approximate surface area is 188 Å². The zero-order chi connectivity index (χ0) is 22.5. The van der Waals surface area contributed by atoms with Crippen LogP contribution in [0.25, 0.3) is 0 Å². The fourth-order valence-corrected chi connectivity index (χ4v) is 4.06. The summed E-state index contributed by atoms with van der Waals surface area (Å²) in [5.74, 6) is -0.606. The van der Waals surface area contributed by atoms with E-state index in [0.717, 1.165) is 17.7 Å². The van der Waals surface area contributed by atoms with Crippen LogP contribution in [0, 0.1) is 0 Å². The van der Waals surface area contributed by atoms with Gasteiger partial charge in [0.25, 0.3) is 5.91 Å². The summed E-state index contributed by atoms with van der Waals surface area (Å²) in [4.78, 5) is 27.1. The molecule has 2 N–H and O–H groups in total. The van der Waals surface area contributed by atoms with Gasteiger partial charge < -0.3 is 20.3 Å². The summed E-state index contributed by atoms with van der Waals surface area (Å²) in [5.41, 5.74) is 4.46. The molecule has 31 heavy (non-hydrogen) atoms. The van der Waals surface area contributed by atoms with Crippen LogP contribution < -0.4 is 10.6 Å². The van der Waals surface area contributed by atoms with E-state index in [1.807, 2.05) is 67.3 Å². The lowest BCUT2D eigenvalue weighted by atomic mass is 9.94. The number of carbonyl (C=O) groups excluding carboxylic acids is 2. The maximum atomic E-state index is 12.7. The summed E-state index contributed by atoms with van der Waals surface area (Å²) in [5, 5.41) is 6.72. The minimum atomic E-state index is -0.469. The molecule has 0 saturated carbocycles. The molecule has 0 aromatic heterocycles. The minimum Gasteiger partial charge on any atom is -0.466 e. The fourth-order valence-electron chi connectivity index (χ4n) is 3.68. The second kappa shape index (κ2) is 9.75. The summed E-state index contributed by atoms with van der Waals surface area (Å²) in [6.07, 6.45) is 0.922. The molecule has 1 heterocycles. The van der Waals surface area contributed by atoms with Crippen molar-refractivity contribution in [2.24, 2.45) is 0 Å². The summed E-state index contributed by atoms with van der Waals surface area (Å²) < 4.78 is 5.03. The Morgan fingerprint density at radius 1 is 1.16 bits per heavy atom. The van der Waals surface area contributed by atoms with Gasteiger partial charge in [0, 0.05) is 23.5 Å². The van der Waals surface area contributed by atoms with Gasteiger partial charge in [0.15, 0.2) is 5.11 Å². The lowest BCUT2D eigenvalue weighted by Crippen LogP contribution is -2.47. The predicted molar refractivity (Wildman–Crippen MR) is 126 cm³/mol. The number of esters is 1. The number of nitrogens with one attached hydrogen (secondary N) is 2. The lowest BCUT2D eigenvalue weighted by molar-refractivity contribution is -0.136. The maximum Gasteiger partial charge on any atom is 0.337 e. The van der Waals surface area contributed by atoms with E-state index in [1.165, 1.54) is 12.7 Å². The molecule has 7 heteroatoms. The van der Waals surface area contributed by atoms with E-state index >= 15 is 0 Å². The van der Waals surface area contributed by atoms with Crippen LogP contribution in [0.1, 0.15) is 48.3 Å². The molecular formula is C24H27N3O3S. The summed E-state index contributed by atoms with van der Waals surface area (Å²) >= 11 is 5.50. The third-order valence-corrected chi connectivity index (χ3v) is 5.76. The van der Waals surface area contributed by atoms with Gasteiger partial charge in [-0.1, -0.05) is 31.2 Å². The van der Waals surface area contributed by atoms with E-state index in [0.29, 0.717) is 28.5 Å². The van der Waals surface area contributed by atoms with Crippen molar-refractivity contribution in [2.45, 2.75) is 33.2 Å². The van der Waals surface area contributed by atoms with Gasteiger partial charge in [0.1, 0.15) is 0 Å². The predicted octanol–water partition coefficient (Wildman–Crippen LogP) is 4.20. The number of ether oxygens (including phenoxy) is 1. The molecule has 0 fully saturated rings. The number of anilines is 1. The third kappa shape index (κ3) is 4.77. The van der Waals surface area contributed by atoms with Crippen molar-refractivity contribution in [3.8, 4) is 0 Å². The smallest absolute Gasteiger partial charge is 0.337 e. The van der Waals surface area contributed by atoms with Gasteiger partial charge >= 0.3 is 5.97 Å². The molecule has 0 saturated heterocycles. The molecular weight excluding hydrogens is 410 g/mol. The third-order valence-electron chi connectivity index (χ3n) is 5.42. The number of thiocarbonyl (C=S) groups is 1. The fraction of sp³-hybridized carbons (Fsp3) is 0.292. The highest BCUT2D eigenvalue weighted by molar-refractivity contribution is 7.80. The Bertz CT molecular complexity index is 1030. The van der Waals surface area contributed by atoms with Crippen LogP contribution in [0.4, 0.5) is 5.69 Å². The van der Waals surface area contributed by atoms with Crippen LogP contribution in [0.5, 0.6) is 0 Å². The number of aryl methyl sites for hydroxylation is 1. The second-order valence-electron chi connectivity index (χ2n) is 7.25. The number of nitrogens with zero attached hydrogens (tertiary/aromatic N) is 1. The average molecular weight is 438 g/mol. The number of carbonyl (C=O) groups is 2. The van der Waals surface area contributed by atoms with E-state index < -0.39 is 12.0 Å². The number of amides is 1. The van der Waals surface area contributed by atoms with Crippen molar-refractivity contribution in [2.75, 3.05) is 19.0 Å². The zero-order valence-electron chi connectivity index (χ0n) is 18.2. The van der Waals surface area contributed by atoms with Crippen LogP contribution in [0.2, 0.25) is 0 Å². The van der Waals surface area contributed by atoms with Crippen LogP contribution in [0.15, 0.2) is 59.8 Å². The van der Waals surface area contributed by atoms with Crippen molar-refractivity contribution in [1.29, 1.82) is 0 Å². The van der Waals surface area contributed by atoms with Gasteiger partial charge in [0.2, 0.25) is 0 Å². The van der Waals surface area contributed by atoms with Crippen molar-refractivity contribution < 1.29 is 14.3 Å². The molecule has 2 aromatic carbocycles. The molecule has 6 nitrogen and oxygen atoms in total.